The highest BCUT2D eigenvalue weighted by molar-refractivity contribution is 5.88. The van der Waals surface area contributed by atoms with Crippen LogP contribution in [0.1, 0.15) is 63.4 Å². The summed E-state index contributed by atoms with van der Waals surface area (Å²) in [5.41, 5.74) is 5.69. The number of carboxylic acids is 2. The standard InChI is InChI=1S/C23H34F2N4O4.C2HF3O2/c24-17-10-16(11-18(25)13-17)14-27-21(30)20(12-15-6-2-1-3-7-15)29-23(33)28-19(22(31)32)8-4-5-9-26;3-2(4,5)1(6)7/h10-11,13,15,19-20H,1-9,12,14,26H2,(H,27,30)(H,31,32)(H2,28,29,33);(H,6,7)/t19-,20+;/m0./s1. The fourth-order valence-electron chi connectivity index (χ4n) is 4.12. The number of unbranched alkanes of at least 4 members (excludes halogenated alkanes) is 1. The van der Waals surface area contributed by atoms with E-state index in [1.807, 2.05) is 0 Å². The quantitative estimate of drug-likeness (QED) is 0.162. The highest BCUT2D eigenvalue weighted by Crippen LogP contribution is 2.27. The van der Waals surface area contributed by atoms with Crippen LogP contribution in [0.3, 0.4) is 0 Å². The first kappa shape index (κ1) is 34.5. The third-order valence-corrected chi connectivity index (χ3v) is 6.10. The van der Waals surface area contributed by atoms with Crippen LogP contribution in [-0.2, 0) is 20.9 Å². The molecule has 0 saturated heterocycles. The summed E-state index contributed by atoms with van der Waals surface area (Å²) < 4.78 is 58.6. The summed E-state index contributed by atoms with van der Waals surface area (Å²) in [4.78, 5) is 45.7. The minimum absolute atomic E-state index is 0.102. The van der Waals surface area contributed by atoms with E-state index < -0.39 is 53.8 Å². The molecular formula is C25H35F5N4O6. The number of urea groups is 1. The topological polar surface area (TPSA) is 171 Å². The Morgan fingerprint density at radius 2 is 1.48 bits per heavy atom. The maximum atomic E-state index is 13.4. The first-order valence-electron chi connectivity index (χ1n) is 12.8. The summed E-state index contributed by atoms with van der Waals surface area (Å²) in [5.74, 6) is -5.65. The van der Waals surface area contributed by atoms with Crippen LogP contribution in [0.5, 0.6) is 0 Å². The highest BCUT2D eigenvalue weighted by Gasteiger charge is 2.38. The summed E-state index contributed by atoms with van der Waals surface area (Å²) in [6.45, 7) is 0.326. The van der Waals surface area contributed by atoms with Gasteiger partial charge in [-0.15, -0.1) is 0 Å². The third kappa shape index (κ3) is 14.1. The lowest BCUT2D eigenvalue weighted by atomic mass is 9.84. The van der Waals surface area contributed by atoms with Crippen LogP contribution in [0.25, 0.3) is 0 Å². The van der Waals surface area contributed by atoms with Gasteiger partial charge in [0.1, 0.15) is 23.7 Å². The van der Waals surface area contributed by atoms with Crippen molar-refractivity contribution in [2.45, 2.75) is 82.6 Å². The number of rotatable bonds is 12. The zero-order chi connectivity index (χ0) is 30.3. The lowest BCUT2D eigenvalue weighted by Gasteiger charge is -2.27. The van der Waals surface area contributed by atoms with E-state index in [0.717, 1.165) is 50.3 Å². The molecule has 0 aromatic heterocycles. The number of carboxylic acid groups (broad SMARTS) is 2. The molecule has 40 heavy (non-hydrogen) atoms. The lowest BCUT2D eigenvalue weighted by molar-refractivity contribution is -0.192. The molecule has 1 aromatic rings. The highest BCUT2D eigenvalue weighted by atomic mass is 19.4. The normalized spacial score (nSPS) is 15.2. The number of benzene rings is 1. The Bertz CT molecular complexity index is 969. The van der Waals surface area contributed by atoms with Gasteiger partial charge in [-0.05, 0) is 55.8 Å². The van der Waals surface area contributed by atoms with Crippen molar-refractivity contribution in [3.63, 3.8) is 0 Å². The van der Waals surface area contributed by atoms with E-state index in [2.05, 4.69) is 16.0 Å². The predicted octanol–water partition coefficient (Wildman–Crippen LogP) is 3.43. The van der Waals surface area contributed by atoms with Gasteiger partial charge in [-0.2, -0.15) is 13.2 Å². The SMILES string of the molecule is NCCCC[C@H](NC(=O)N[C@H](CC1CCCCC1)C(=O)NCc1cc(F)cc(F)c1)C(=O)O.O=C(O)C(F)(F)F. The number of hydrogen-bond acceptors (Lipinski definition) is 5. The minimum Gasteiger partial charge on any atom is -0.480 e. The van der Waals surface area contributed by atoms with Gasteiger partial charge in [0.15, 0.2) is 0 Å². The van der Waals surface area contributed by atoms with Crippen molar-refractivity contribution in [2.75, 3.05) is 6.54 Å². The molecule has 0 spiro atoms. The monoisotopic (exact) mass is 582 g/mol. The van der Waals surface area contributed by atoms with E-state index in [0.29, 0.717) is 25.8 Å². The molecule has 0 unspecified atom stereocenters. The molecule has 3 amide bonds. The number of carbonyl (C=O) groups excluding carboxylic acids is 2. The van der Waals surface area contributed by atoms with Crippen LogP contribution in [0.4, 0.5) is 26.7 Å². The van der Waals surface area contributed by atoms with Crippen molar-refractivity contribution >= 4 is 23.9 Å². The lowest BCUT2D eigenvalue weighted by Crippen LogP contribution is -2.53. The molecule has 15 heteroatoms. The summed E-state index contributed by atoms with van der Waals surface area (Å²) >= 11 is 0. The van der Waals surface area contributed by atoms with Crippen LogP contribution < -0.4 is 21.7 Å². The third-order valence-electron chi connectivity index (χ3n) is 6.10. The number of aliphatic carboxylic acids is 2. The Balaban J connectivity index is 0.00000101. The van der Waals surface area contributed by atoms with Gasteiger partial charge in [0.05, 0.1) is 0 Å². The predicted molar refractivity (Wildman–Crippen MR) is 133 cm³/mol. The molecule has 1 aliphatic rings. The molecule has 0 radical (unpaired) electrons. The molecule has 10 nitrogen and oxygen atoms in total. The van der Waals surface area contributed by atoms with Gasteiger partial charge in [0, 0.05) is 12.6 Å². The largest absolute Gasteiger partial charge is 0.490 e. The van der Waals surface area contributed by atoms with Gasteiger partial charge in [-0.3, -0.25) is 4.79 Å². The van der Waals surface area contributed by atoms with Crippen molar-refractivity contribution in [3.8, 4) is 0 Å². The molecule has 2 rings (SSSR count). The number of carbonyl (C=O) groups is 4. The number of nitrogens with one attached hydrogen (secondary N) is 3. The van der Waals surface area contributed by atoms with Crippen LogP contribution in [-0.4, -0.2) is 58.9 Å². The smallest absolute Gasteiger partial charge is 0.480 e. The van der Waals surface area contributed by atoms with Crippen LogP contribution in [0.15, 0.2) is 18.2 Å². The second-order valence-corrected chi connectivity index (χ2v) is 9.38. The van der Waals surface area contributed by atoms with Gasteiger partial charge in [-0.25, -0.2) is 23.2 Å². The number of hydrogen-bond donors (Lipinski definition) is 6. The maximum absolute atomic E-state index is 13.4. The van der Waals surface area contributed by atoms with Gasteiger partial charge >= 0.3 is 24.1 Å². The summed E-state index contributed by atoms with van der Waals surface area (Å²) in [7, 11) is 0. The van der Waals surface area contributed by atoms with Crippen LogP contribution >= 0.6 is 0 Å². The van der Waals surface area contributed by atoms with E-state index >= 15 is 0 Å². The van der Waals surface area contributed by atoms with Gasteiger partial charge in [0.25, 0.3) is 0 Å². The molecule has 0 bridgehead atoms. The average Bonchev–Trinajstić information content (AvgIpc) is 2.86. The number of alkyl halides is 3. The summed E-state index contributed by atoms with van der Waals surface area (Å²) in [6.07, 6.45) is 1.86. The Morgan fingerprint density at radius 1 is 0.925 bits per heavy atom. The van der Waals surface area contributed by atoms with E-state index in [1.54, 1.807) is 0 Å². The molecule has 1 saturated carbocycles. The molecule has 226 valence electrons. The Morgan fingerprint density at radius 3 is 1.98 bits per heavy atom. The van der Waals surface area contributed by atoms with Crippen molar-refractivity contribution < 1.29 is 51.3 Å². The Hall–Kier alpha value is -3.49. The molecular weight excluding hydrogens is 547 g/mol. The molecule has 0 heterocycles. The molecule has 1 aliphatic carbocycles. The molecule has 0 aliphatic heterocycles. The fraction of sp³-hybridized carbons (Fsp3) is 0.600. The Labute approximate surface area is 227 Å². The van der Waals surface area contributed by atoms with E-state index in [-0.39, 0.29) is 24.4 Å². The van der Waals surface area contributed by atoms with E-state index in [1.165, 1.54) is 0 Å². The van der Waals surface area contributed by atoms with E-state index in [4.69, 9.17) is 15.6 Å². The molecule has 7 N–H and O–H groups in total. The maximum Gasteiger partial charge on any atom is 0.490 e. The van der Waals surface area contributed by atoms with Crippen molar-refractivity contribution in [1.82, 2.24) is 16.0 Å². The summed E-state index contributed by atoms with van der Waals surface area (Å²) in [5, 5.41) is 24.1. The number of nitrogens with two attached hydrogens (primary N) is 1. The first-order chi connectivity index (χ1) is 18.7. The second kappa shape index (κ2) is 17.3. The molecule has 2 atom stereocenters. The fourth-order valence-corrected chi connectivity index (χ4v) is 4.12. The average molecular weight is 583 g/mol. The number of halogens is 5. The van der Waals surface area contributed by atoms with Gasteiger partial charge < -0.3 is 31.9 Å². The minimum atomic E-state index is -5.08. The van der Waals surface area contributed by atoms with Crippen molar-refractivity contribution in [2.24, 2.45) is 11.7 Å². The zero-order valence-corrected chi connectivity index (χ0v) is 21.7. The van der Waals surface area contributed by atoms with Crippen molar-refractivity contribution in [1.29, 1.82) is 0 Å². The molecule has 1 fully saturated rings. The second-order valence-electron chi connectivity index (χ2n) is 9.38. The molecule has 1 aromatic carbocycles. The number of amides is 3. The van der Waals surface area contributed by atoms with Gasteiger partial charge in [0.2, 0.25) is 5.91 Å². The first-order valence-corrected chi connectivity index (χ1v) is 12.8. The Kier molecular flexibility index (Phi) is 14.9. The van der Waals surface area contributed by atoms with Gasteiger partial charge in [-0.1, -0.05) is 32.1 Å². The van der Waals surface area contributed by atoms with E-state index in [9.17, 15) is 41.4 Å². The van der Waals surface area contributed by atoms with Crippen LogP contribution in [0, 0.1) is 17.6 Å². The zero-order valence-electron chi connectivity index (χ0n) is 21.7. The summed E-state index contributed by atoms with van der Waals surface area (Å²) in [6, 6.07) is 0.255. The van der Waals surface area contributed by atoms with Crippen LogP contribution in [0.2, 0.25) is 0 Å². The van der Waals surface area contributed by atoms with Crippen molar-refractivity contribution in [3.05, 3.63) is 35.4 Å².